The summed E-state index contributed by atoms with van der Waals surface area (Å²) in [6, 6.07) is 0. The molecule has 5 rings (SSSR count). The van der Waals surface area contributed by atoms with Gasteiger partial charge in [-0.25, -0.2) is 4.98 Å². The van der Waals surface area contributed by atoms with Crippen LogP contribution in [0.4, 0.5) is 0 Å². The van der Waals surface area contributed by atoms with E-state index in [-0.39, 0.29) is 17.0 Å². The predicted molar refractivity (Wildman–Crippen MR) is 110 cm³/mol. The molecule has 1 saturated heterocycles. The van der Waals surface area contributed by atoms with Crippen molar-refractivity contribution in [2.45, 2.75) is 87.6 Å². The predicted octanol–water partition coefficient (Wildman–Crippen LogP) is 3.90. The van der Waals surface area contributed by atoms with Crippen LogP contribution in [0.15, 0.2) is 5.38 Å². The molecule has 3 aliphatic carbocycles. The number of nitrogens with zero attached hydrogens (tertiary/aromatic N) is 2. The van der Waals surface area contributed by atoms with Crippen molar-refractivity contribution in [3.63, 3.8) is 0 Å². The molecule has 28 heavy (non-hydrogen) atoms. The highest BCUT2D eigenvalue weighted by Gasteiger charge is 2.51. The molecule has 3 saturated carbocycles. The van der Waals surface area contributed by atoms with Crippen LogP contribution in [0, 0.1) is 5.92 Å². The van der Waals surface area contributed by atoms with Gasteiger partial charge in [-0.05, 0) is 70.4 Å². The van der Waals surface area contributed by atoms with Gasteiger partial charge in [0.1, 0.15) is 12.0 Å². The quantitative estimate of drug-likeness (QED) is 0.735. The van der Waals surface area contributed by atoms with E-state index in [1.807, 2.05) is 5.38 Å². The summed E-state index contributed by atoms with van der Waals surface area (Å²) in [5.74, 6) is 1.12. The van der Waals surface area contributed by atoms with E-state index in [2.05, 4.69) is 10.2 Å². The maximum absolute atomic E-state index is 12.9. The van der Waals surface area contributed by atoms with Crippen LogP contribution in [0.1, 0.15) is 92.0 Å². The Morgan fingerprint density at radius 1 is 1.11 bits per heavy atom. The highest BCUT2D eigenvalue weighted by atomic mass is 32.1. The first-order valence-electron chi connectivity index (χ1n) is 11.1. The topological polar surface area (TPSA) is 62.3 Å². The number of hydrogen-bond donors (Lipinski definition) is 1. The van der Waals surface area contributed by atoms with Gasteiger partial charge in [0.05, 0.1) is 10.5 Å². The van der Waals surface area contributed by atoms with Crippen LogP contribution in [0.2, 0.25) is 0 Å². The lowest BCUT2D eigenvalue weighted by Crippen LogP contribution is -2.44. The summed E-state index contributed by atoms with van der Waals surface area (Å²) in [5, 5.41) is 6.42. The molecule has 0 spiro atoms. The van der Waals surface area contributed by atoms with Gasteiger partial charge in [0.25, 0.3) is 5.91 Å². The van der Waals surface area contributed by atoms with E-state index in [0.29, 0.717) is 17.5 Å². The zero-order valence-electron chi connectivity index (χ0n) is 16.6. The number of carbonyl (C=O) groups is 2. The average Bonchev–Trinajstić information content (AvgIpc) is 3.66. The second kappa shape index (κ2) is 7.21. The molecular weight excluding hydrogens is 370 g/mol. The summed E-state index contributed by atoms with van der Waals surface area (Å²) >= 11 is 1.64. The minimum atomic E-state index is -0.142. The number of amides is 1. The largest absolute Gasteiger partial charge is 0.345 e. The van der Waals surface area contributed by atoms with Crippen molar-refractivity contribution in [2.75, 3.05) is 13.1 Å². The van der Waals surface area contributed by atoms with Crippen molar-refractivity contribution in [1.82, 2.24) is 15.2 Å². The Bertz CT molecular complexity index is 739. The molecule has 4 aliphatic rings. The molecule has 2 heterocycles. The lowest BCUT2D eigenvalue weighted by Gasteiger charge is -2.34. The SMILES string of the molecule is O=CC1(N2CCC(c3nc(C(=O)NC4(C5CCCCC5)CC4)cs3)CC2)CC1. The van der Waals surface area contributed by atoms with Gasteiger partial charge in [0.2, 0.25) is 0 Å². The smallest absolute Gasteiger partial charge is 0.271 e. The molecule has 0 radical (unpaired) electrons. The van der Waals surface area contributed by atoms with Crippen LogP contribution in [0.5, 0.6) is 0 Å². The molecule has 1 aromatic heterocycles. The number of carbonyl (C=O) groups excluding carboxylic acids is 2. The maximum atomic E-state index is 12.9. The number of likely N-dealkylation sites (tertiary alicyclic amines) is 1. The standard InChI is InChI=1S/C22H31N3O2S/c26-15-21(8-9-21)25-12-6-16(7-13-25)20-23-18(14-28-20)19(27)24-22(10-11-22)17-4-2-1-3-5-17/h14-17H,1-13H2,(H,24,27). The fourth-order valence-corrected chi connectivity index (χ4v) is 6.47. The number of rotatable bonds is 6. The van der Waals surface area contributed by atoms with Crippen molar-refractivity contribution < 1.29 is 9.59 Å². The summed E-state index contributed by atoms with van der Waals surface area (Å²) < 4.78 is 0. The molecule has 5 nitrogen and oxygen atoms in total. The first-order chi connectivity index (χ1) is 13.6. The number of nitrogens with one attached hydrogen (secondary N) is 1. The molecule has 1 amide bonds. The molecule has 0 unspecified atom stereocenters. The fraction of sp³-hybridized carbons (Fsp3) is 0.773. The van der Waals surface area contributed by atoms with Crippen molar-refractivity contribution in [1.29, 1.82) is 0 Å². The lowest BCUT2D eigenvalue weighted by atomic mass is 9.82. The van der Waals surface area contributed by atoms with Crippen LogP contribution in [0.25, 0.3) is 0 Å². The van der Waals surface area contributed by atoms with Gasteiger partial charge in [-0.15, -0.1) is 11.3 Å². The van der Waals surface area contributed by atoms with Gasteiger partial charge in [0, 0.05) is 16.8 Å². The number of thiazole rings is 1. The van der Waals surface area contributed by atoms with E-state index in [0.717, 1.165) is 62.9 Å². The normalized spacial score (nSPS) is 27.3. The average molecular weight is 402 g/mol. The van der Waals surface area contributed by atoms with Crippen LogP contribution in [-0.2, 0) is 4.79 Å². The van der Waals surface area contributed by atoms with E-state index in [9.17, 15) is 9.59 Å². The van der Waals surface area contributed by atoms with E-state index in [4.69, 9.17) is 4.98 Å². The molecule has 6 heteroatoms. The van der Waals surface area contributed by atoms with Crippen LogP contribution in [0.3, 0.4) is 0 Å². The van der Waals surface area contributed by atoms with Gasteiger partial charge < -0.3 is 10.1 Å². The second-order valence-corrected chi connectivity index (χ2v) is 10.4. The van der Waals surface area contributed by atoms with Gasteiger partial charge in [0.15, 0.2) is 0 Å². The van der Waals surface area contributed by atoms with Gasteiger partial charge in [-0.2, -0.15) is 0 Å². The third-order valence-electron chi connectivity index (χ3n) is 7.75. The Morgan fingerprint density at radius 3 is 2.43 bits per heavy atom. The van der Waals surface area contributed by atoms with Crippen LogP contribution in [-0.4, -0.2) is 46.2 Å². The third-order valence-corrected chi connectivity index (χ3v) is 8.76. The number of hydrogen-bond acceptors (Lipinski definition) is 5. The van der Waals surface area contributed by atoms with Crippen LogP contribution < -0.4 is 5.32 Å². The molecule has 0 atom stereocenters. The van der Waals surface area contributed by atoms with E-state index in [1.165, 1.54) is 32.1 Å². The first kappa shape index (κ1) is 18.7. The molecule has 0 bridgehead atoms. The monoisotopic (exact) mass is 401 g/mol. The third kappa shape index (κ3) is 3.43. The molecule has 1 aromatic rings. The summed E-state index contributed by atoms with van der Waals surface area (Å²) in [5.41, 5.74) is 0.535. The van der Waals surface area contributed by atoms with Crippen LogP contribution >= 0.6 is 11.3 Å². The fourth-order valence-electron chi connectivity index (χ4n) is 5.50. The lowest BCUT2D eigenvalue weighted by molar-refractivity contribution is -0.114. The minimum Gasteiger partial charge on any atom is -0.345 e. The minimum absolute atomic E-state index is 0.0286. The van der Waals surface area contributed by atoms with Crippen molar-refractivity contribution in [3.8, 4) is 0 Å². The Kier molecular flexibility index (Phi) is 4.82. The molecule has 152 valence electrons. The summed E-state index contributed by atoms with van der Waals surface area (Å²) in [6.45, 7) is 1.94. The number of piperidine rings is 1. The molecule has 4 fully saturated rings. The molecule has 1 aliphatic heterocycles. The zero-order chi connectivity index (χ0) is 19.2. The molecule has 0 aromatic carbocycles. The number of aldehydes is 1. The van der Waals surface area contributed by atoms with Crippen molar-refractivity contribution in [3.05, 3.63) is 16.1 Å². The Hall–Kier alpha value is -1.27. The maximum Gasteiger partial charge on any atom is 0.271 e. The van der Waals surface area contributed by atoms with Gasteiger partial charge in [-0.3, -0.25) is 9.69 Å². The highest BCUT2D eigenvalue weighted by molar-refractivity contribution is 7.09. The Morgan fingerprint density at radius 2 is 1.82 bits per heavy atom. The summed E-state index contributed by atoms with van der Waals surface area (Å²) in [6.07, 6.45) is 14.0. The van der Waals surface area contributed by atoms with E-state index >= 15 is 0 Å². The van der Waals surface area contributed by atoms with Crippen molar-refractivity contribution >= 4 is 23.5 Å². The molecule has 1 N–H and O–H groups in total. The Balaban J connectivity index is 1.18. The molecular formula is C22H31N3O2S. The van der Waals surface area contributed by atoms with E-state index < -0.39 is 0 Å². The highest BCUT2D eigenvalue weighted by Crippen LogP contribution is 2.48. The summed E-state index contributed by atoms with van der Waals surface area (Å²) in [4.78, 5) is 31.3. The van der Waals surface area contributed by atoms with Gasteiger partial charge in [-0.1, -0.05) is 19.3 Å². The van der Waals surface area contributed by atoms with Gasteiger partial charge >= 0.3 is 0 Å². The second-order valence-electron chi connectivity index (χ2n) is 9.50. The first-order valence-corrected chi connectivity index (χ1v) is 12.0. The Labute approximate surface area is 171 Å². The zero-order valence-corrected chi connectivity index (χ0v) is 17.4. The summed E-state index contributed by atoms with van der Waals surface area (Å²) in [7, 11) is 0. The van der Waals surface area contributed by atoms with Crippen molar-refractivity contribution in [2.24, 2.45) is 5.92 Å². The number of aromatic nitrogens is 1. The van der Waals surface area contributed by atoms with E-state index in [1.54, 1.807) is 11.3 Å².